The molecule has 0 amide bonds. The summed E-state index contributed by atoms with van der Waals surface area (Å²) in [4.78, 5) is 6.24. The van der Waals surface area contributed by atoms with Gasteiger partial charge in [-0.2, -0.15) is 0 Å². The molecule has 21 heavy (non-hydrogen) atoms. The van der Waals surface area contributed by atoms with Crippen molar-refractivity contribution in [3.05, 3.63) is 54.4 Å². The molecule has 2 rings (SSSR count). The standard InChI is InChI=1S/C17H22N2O2/c1-21-12-10-19(9-11-20)14-15-3-2-4-17(13-15)16-5-7-18-8-6-16/h2-8,13,20H,9-12,14H2,1H3. The number of aliphatic hydroxyl groups is 1. The lowest BCUT2D eigenvalue weighted by molar-refractivity contribution is 0.127. The van der Waals surface area contributed by atoms with Gasteiger partial charge >= 0.3 is 0 Å². The molecule has 0 aliphatic carbocycles. The molecule has 4 nitrogen and oxygen atoms in total. The summed E-state index contributed by atoms with van der Waals surface area (Å²) in [6.45, 7) is 3.11. The molecule has 4 heteroatoms. The smallest absolute Gasteiger partial charge is 0.0589 e. The third-order valence-electron chi connectivity index (χ3n) is 3.37. The summed E-state index contributed by atoms with van der Waals surface area (Å²) in [5, 5.41) is 9.16. The first-order chi connectivity index (χ1) is 10.3. The van der Waals surface area contributed by atoms with Crippen LogP contribution >= 0.6 is 0 Å². The minimum atomic E-state index is 0.160. The van der Waals surface area contributed by atoms with E-state index >= 15 is 0 Å². The highest BCUT2D eigenvalue weighted by atomic mass is 16.5. The number of hydrogen-bond acceptors (Lipinski definition) is 4. The van der Waals surface area contributed by atoms with Gasteiger partial charge in [-0.25, -0.2) is 0 Å². The van der Waals surface area contributed by atoms with Gasteiger partial charge in [-0.3, -0.25) is 9.88 Å². The number of hydrogen-bond donors (Lipinski definition) is 1. The molecule has 0 unspecified atom stereocenters. The van der Waals surface area contributed by atoms with E-state index < -0.39 is 0 Å². The molecule has 0 atom stereocenters. The van der Waals surface area contributed by atoms with E-state index in [1.807, 2.05) is 12.1 Å². The zero-order valence-corrected chi connectivity index (χ0v) is 12.4. The minimum Gasteiger partial charge on any atom is -0.395 e. The highest BCUT2D eigenvalue weighted by molar-refractivity contribution is 5.63. The van der Waals surface area contributed by atoms with Crippen LogP contribution in [0, 0.1) is 0 Å². The first kappa shape index (κ1) is 15.6. The van der Waals surface area contributed by atoms with Crippen molar-refractivity contribution < 1.29 is 9.84 Å². The third-order valence-corrected chi connectivity index (χ3v) is 3.37. The monoisotopic (exact) mass is 286 g/mol. The van der Waals surface area contributed by atoms with Gasteiger partial charge in [0.25, 0.3) is 0 Å². The Morgan fingerprint density at radius 3 is 2.62 bits per heavy atom. The number of pyridine rings is 1. The highest BCUT2D eigenvalue weighted by Gasteiger charge is 2.06. The zero-order valence-electron chi connectivity index (χ0n) is 12.4. The van der Waals surface area contributed by atoms with Crippen LogP contribution in [-0.2, 0) is 11.3 Å². The summed E-state index contributed by atoms with van der Waals surface area (Å²) in [5.41, 5.74) is 3.58. The Bertz CT molecular complexity index is 531. The Morgan fingerprint density at radius 2 is 1.90 bits per heavy atom. The average molecular weight is 286 g/mol. The van der Waals surface area contributed by atoms with Crippen LogP contribution in [0.4, 0.5) is 0 Å². The molecule has 1 aromatic carbocycles. The van der Waals surface area contributed by atoms with Gasteiger partial charge in [0.2, 0.25) is 0 Å². The molecule has 0 radical (unpaired) electrons. The normalized spacial score (nSPS) is 11.0. The molecule has 1 aromatic heterocycles. The SMILES string of the molecule is COCCN(CCO)Cc1cccc(-c2ccncc2)c1. The molecule has 112 valence electrons. The van der Waals surface area contributed by atoms with Crippen LogP contribution < -0.4 is 0 Å². The van der Waals surface area contributed by atoms with E-state index in [2.05, 4.69) is 34.1 Å². The molecular weight excluding hydrogens is 264 g/mol. The summed E-state index contributed by atoms with van der Waals surface area (Å²) in [7, 11) is 1.70. The maximum atomic E-state index is 9.16. The van der Waals surface area contributed by atoms with Gasteiger partial charge in [-0.1, -0.05) is 18.2 Å². The van der Waals surface area contributed by atoms with E-state index in [1.165, 1.54) is 11.1 Å². The highest BCUT2D eigenvalue weighted by Crippen LogP contribution is 2.20. The van der Waals surface area contributed by atoms with Crippen molar-refractivity contribution in [3.8, 4) is 11.1 Å². The molecule has 0 spiro atoms. The Morgan fingerprint density at radius 1 is 1.10 bits per heavy atom. The summed E-state index contributed by atoms with van der Waals surface area (Å²) >= 11 is 0. The van der Waals surface area contributed by atoms with Crippen LogP contribution in [0.2, 0.25) is 0 Å². The van der Waals surface area contributed by atoms with Crippen molar-refractivity contribution >= 4 is 0 Å². The summed E-state index contributed by atoms with van der Waals surface area (Å²) in [6.07, 6.45) is 3.61. The number of rotatable bonds is 8. The predicted molar refractivity (Wildman–Crippen MR) is 83.9 cm³/mol. The second kappa shape index (κ2) is 8.52. The first-order valence-corrected chi connectivity index (χ1v) is 7.15. The van der Waals surface area contributed by atoms with Gasteiger partial charge < -0.3 is 9.84 Å². The van der Waals surface area contributed by atoms with E-state index in [1.54, 1.807) is 19.5 Å². The molecule has 0 aliphatic rings. The summed E-state index contributed by atoms with van der Waals surface area (Å²) in [5.74, 6) is 0. The lowest BCUT2D eigenvalue weighted by Gasteiger charge is -2.21. The van der Waals surface area contributed by atoms with Gasteiger partial charge in [-0.15, -0.1) is 0 Å². The average Bonchev–Trinajstić information content (AvgIpc) is 2.54. The van der Waals surface area contributed by atoms with Gasteiger partial charge in [0.05, 0.1) is 13.2 Å². The fourth-order valence-electron chi connectivity index (χ4n) is 2.28. The van der Waals surface area contributed by atoms with Crippen LogP contribution in [-0.4, -0.2) is 48.4 Å². The number of aliphatic hydroxyl groups excluding tert-OH is 1. The number of aromatic nitrogens is 1. The van der Waals surface area contributed by atoms with Gasteiger partial charge in [0.1, 0.15) is 0 Å². The van der Waals surface area contributed by atoms with Crippen molar-refractivity contribution in [2.75, 3.05) is 33.4 Å². The maximum absolute atomic E-state index is 9.16. The molecular formula is C17H22N2O2. The molecule has 0 bridgehead atoms. The largest absolute Gasteiger partial charge is 0.395 e. The lowest BCUT2D eigenvalue weighted by Crippen LogP contribution is -2.29. The third kappa shape index (κ3) is 4.93. The number of ether oxygens (including phenoxy) is 1. The molecule has 0 aliphatic heterocycles. The Labute approximate surface area is 126 Å². The Hall–Kier alpha value is -1.75. The zero-order chi connectivity index (χ0) is 14.9. The molecule has 0 saturated heterocycles. The van der Waals surface area contributed by atoms with E-state index in [0.29, 0.717) is 13.2 Å². The Kier molecular flexibility index (Phi) is 6.34. The second-order valence-electron chi connectivity index (χ2n) is 4.93. The topological polar surface area (TPSA) is 45.6 Å². The van der Waals surface area contributed by atoms with E-state index in [4.69, 9.17) is 9.84 Å². The lowest BCUT2D eigenvalue weighted by atomic mass is 10.0. The maximum Gasteiger partial charge on any atom is 0.0589 e. The number of methoxy groups -OCH3 is 1. The fourth-order valence-corrected chi connectivity index (χ4v) is 2.28. The van der Waals surface area contributed by atoms with Crippen molar-refractivity contribution in [2.45, 2.75) is 6.54 Å². The van der Waals surface area contributed by atoms with Crippen LogP contribution in [0.25, 0.3) is 11.1 Å². The molecule has 0 fully saturated rings. The summed E-state index contributed by atoms with van der Waals surface area (Å²) < 4.78 is 5.12. The molecule has 2 aromatic rings. The first-order valence-electron chi connectivity index (χ1n) is 7.15. The van der Waals surface area contributed by atoms with Crippen molar-refractivity contribution in [1.82, 2.24) is 9.88 Å². The van der Waals surface area contributed by atoms with Gasteiger partial charge in [-0.05, 0) is 34.9 Å². The van der Waals surface area contributed by atoms with Crippen LogP contribution in [0.1, 0.15) is 5.56 Å². The quantitative estimate of drug-likeness (QED) is 0.808. The van der Waals surface area contributed by atoms with E-state index in [9.17, 15) is 0 Å². The fraction of sp³-hybridized carbons (Fsp3) is 0.353. The predicted octanol–water partition coefficient (Wildman–Crippen LogP) is 2.19. The van der Waals surface area contributed by atoms with Gasteiger partial charge in [0.15, 0.2) is 0 Å². The van der Waals surface area contributed by atoms with E-state index in [-0.39, 0.29) is 6.61 Å². The van der Waals surface area contributed by atoms with E-state index in [0.717, 1.165) is 18.7 Å². The molecule has 1 N–H and O–H groups in total. The van der Waals surface area contributed by atoms with Gasteiger partial charge in [0, 0.05) is 39.1 Å². The number of nitrogens with zero attached hydrogens (tertiary/aromatic N) is 2. The van der Waals surface area contributed by atoms with Crippen molar-refractivity contribution in [1.29, 1.82) is 0 Å². The number of benzene rings is 1. The second-order valence-corrected chi connectivity index (χ2v) is 4.93. The van der Waals surface area contributed by atoms with Crippen molar-refractivity contribution in [3.63, 3.8) is 0 Å². The van der Waals surface area contributed by atoms with Crippen LogP contribution in [0.15, 0.2) is 48.8 Å². The minimum absolute atomic E-state index is 0.160. The van der Waals surface area contributed by atoms with Crippen LogP contribution in [0.5, 0.6) is 0 Å². The Balaban J connectivity index is 2.09. The summed E-state index contributed by atoms with van der Waals surface area (Å²) in [6, 6.07) is 12.5. The van der Waals surface area contributed by atoms with Crippen molar-refractivity contribution in [2.24, 2.45) is 0 Å². The van der Waals surface area contributed by atoms with Crippen LogP contribution in [0.3, 0.4) is 0 Å². The molecule has 0 saturated carbocycles. The molecule has 1 heterocycles.